The summed E-state index contributed by atoms with van der Waals surface area (Å²) in [6, 6.07) is 18.0. The number of hydrogen-bond donors (Lipinski definition) is 4. The van der Waals surface area contributed by atoms with Crippen molar-refractivity contribution in [3.63, 3.8) is 0 Å². The number of amides is 2. The van der Waals surface area contributed by atoms with E-state index in [0.29, 0.717) is 12.8 Å². The van der Waals surface area contributed by atoms with Crippen molar-refractivity contribution in [3.8, 4) is 0 Å². The lowest BCUT2D eigenvalue weighted by Crippen LogP contribution is -2.38. The van der Waals surface area contributed by atoms with Crippen LogP contribution in [0, 0.1) is 0 Å². The molecule has 0 saturated heterocycles. The second-order valence-corrected chi connectivity index (χ2v) is 5.40. The Morgan fingerprint density at radius 2 is 0.958 bits per heavy atom. The second kappa shape index (κ2) is 10.1. The third-order valence-electron chi connectivity index (χ3n) is 3.33. The molecule has 0 radical (unpaired) electrons. The van der Waals surface area contributed by atoms with Crippen LogP contribution in [0.25, 0.3) is 0 Å². The lowest BCUT2D eigenvalue weighted by atomic mass is 10.1. The van der Waals surface area contributed by atoms with Crippen molar-refractivity contribution in [2.75, 3.05) is 0 Å². The van der Waals surface area contributed by atoms with Gasteiger partial charge in [-0.05, 0) is 24.0 Å². The van der Waals surface area contributed by atoms with Crippen LogP contribution in [-0.2, 0) is 22.4 Å². The Morgan fingerprint density at radius 1 is 0.667 bits per heavy atom. The Hall–Kier alpha value is -2.70. The predicted molar refractivity (Wildman–Crippen MR) is 94.6 cm³/mol. The van der Waals surface area contributed by atoms with Crippen LogP contribution >= 0.6 is 0 Å². The molecule has 0 aliphatic rings. The molecule has 2 amide bonds. The normalized spacial score (nSPS) is 12.4. The highest BCUT2D eigenvalue weighted by atomic mass is 16.1. The molecule has 2 rings (SSSR count). The number of benzene rings is 2. The van der Waals surface area contributed by atoms with E-state index in [0.717, 1.165) is 11.1 Å². The van der Waals surface area contributed by atoms with Crippen LogP contribution in [0.2, 0.25) is 0 Å². The lowest BCUT2D eigenvalue weighted by Gasteiger charge is -2.06. The van der Waals surface area contributed by atoms with Crippen molar-refractivity contribution in [3.05, 3.63) is 71.8 Å². The van der Waals surface area contributed by atoms with Gasteiger partial charge in [0, 0.05) is 0 Å². The maximum absolute atomic E-state index is 10.6. The summed E-state index contributed by atoms with van der Waals surface area (Å²) in [5.74, 6) is -0.919. The first kappa shape index (κ1) is 19.3. The van der Waals surface area contributed by atoms with Gasteiger partial charge in [0.1, 0.15) is 0 Å². The molecule has 2 atom stereocenters. The molecule has 0 heterocycles. The van der Waals surface area contributed by atoms with Crippen molar-refractivity contribution in [2.45, 2.75) is 24.9 Å². The highest BCUT2D eigenvalue weighted by Gasteiger charge is 2.09. The summed E-state index contributed by atoms with van der Waals surface area (Å²) in [5.41, 5.74) is 23.1. The number of nitrogens with two attached hydrogens (primary N) is 4. The minimum Gasteiger partial charge on any atom is -0.368 e. The first-order valence-corrected chi connectivity index (χ1v) is 7.57. The predicted octanol–water partition coefficient (Wildman–Crippen LogP) is 0.0834. The second-order valence-electron chi connectivity index (χ2n) is 5.40. The van der Waals surface area contributed by atoms with Crippen LogP contribution in [0.3, 0.4) is 0 Å². The van der Waals surface area contributed by atoms with Crippen LogP contribution < -0.4 is 22.9 Å². The summed E-state index contributed by atoms with van der Waals surface area (Å²) in [5, 5.41) is 0. The van der Waals surface area contributed by atoms with Gasteiger partial charge in [-0.15, -0.1) is 0 Å². The highest BCUT2D eigenvalue weighted by molar-refractivity contribution is 5.80. The topological polar surface area (TPSA) is 138 Å². The molecule has 0 saturated carbocycles. The molecule has 0 aliphatic carbocycles. The molecule has 0 aliphatic heterocycles. The minimum absolute atomic E-state index is 0.459. The third kappa shape index (κ3) is 7.53. The smallest absolute Gasteiger partial charge is 0.234 e. The van der Waals surface area contributed by atoms with Crippen LogP contribution in [0.15, 0.2) is 60.7 Å². The van der Waals surface area contributed by atoms with E-state index in [1.165, 1.54) is 0 Å². The fourth-order valence-corrected chi connectivity index (χ4v) is 1.94. The van der Waals surface area contributed by atoms with Crippen molar-refractivity contribution in [1.82, 2.24) is 0 Å². The fraction of sp³-hybridized carbons (Fsp3) is 0.222. The lowest BCUT2D eigenvalue weighted by molar-refractivity contribution is -0.120. The summed E-state index contributed by atoms with van der Waals surface area (Å²) in [7, 11) is 0. The Kier molecular flexibility index (Phi) is 8.18. The van der Waals surface area contributed by atoms with Crippen molar-refractivity contribution >= 4 is 11.8 Å². The van der Waals surface area contributed by atoms with E-state index in [2.05, 4.69) is 0 Å². The molecule has 6 nitrogen and oxygen atoms in total. The standard InChI is InChI=1S/2C9H12N2O/c2*10-8(9(11)12)6-7-4-2-1-3-5-7/h2*1-5,8H,6,10H2,(H2,11,12)/t8-;/m0./s1. The molecule has 1 unspecified atom stereocenters. The Morgan fingerprint density at radius 3 is 1.21 bits per heavy atom. The van der Waals surface area contributed by atoms with Gasteiger partial charge in [-0.1, -0.05) is 60.7 Å². The Balaban J connectivity index is 0.000000240. The van der Waals surface area contributed by atoms with Crippen LogP contribution in [0.1, 0.15) is 11.1 Å². The SMILES string of the molecule is NC(=O)C(N)Cc1ccccc1.NC(=O)[C@@H](N)Cc1ccccc1. The van der Waals surface area contributed by atoms with Crippen molar-refractivity contribution < 1.29 is 9.59 Å². The highest BCUT2D eigenvalue weighted by Crippen LogP contribution is 2.01. The van der Waals surface area contributed by atoms with E-state index < -0.39 is 23.9 Å². The number of carbonyl (C=O) groups excluding carboxylic acids is 2. The number of carbonyl (C=O) groups is 2. The number of hydrogen-bond acceptors (Lipinski definition) is 4. The van der Waals surface area contributed by atoms with Gasteiger partial charge < -0.3 is 22.9 Å². The zero-order chi connectivity index (χ0) is 17.9. The average Bonchev–Trinajstić information content (AvgIpc) is 2.57. The van der Waals surface area contributed by atoms with Gasteiger partial charge >= 0.3 is 0 Å². The summed E-state index contributed by atoms with van der Waals surface area (Å²) in [6.45, 7) is 0. The van der Waals surface area contributed by atoms with Crippen LogP contribution in [0.4, 0.5) is 0 Å². The summed E-state index contributed by atoms with van der Waals surface area (Å²) in [6.07, 6.45) is 1.02. The third-order valence-corrected chi connectivity index (χ3v) is 3.33. The van der Waals surface area contributed by atoms with Gasteiger partial charge in [0.2, 0.25) is 11.8 Å². The maximum atomic E-state index is 10.6. The van der Waals surface area contributed by atoms with E-state index in [1.54, 1.807) is 0 Å². The number of primary amides is 2. The zero-order valence-electron chi connectivity index (χ0n) is 13.5. The van der Waals surface area contributed by atoms with E-state index in [4.69, 9.17) is 22.9 Å². The minimum atomic E-state index is -0.576. The van der Waals surface area contributed by atoms with Gasteiger partial charge in [0.25, 0.3) is 0 Å². The first-order valence-electron chi connectivity index (χ1n) is 7.57. The summed E-state index contributed by atoms with van der Waals surface area (Å²) >= 11 is 0. The zero-order valence-corrected chi connectivity index (χ0v) is 13.5. The largest absolute Gasteiger partial charge is 0.368 e. The molecule has 2 aromatic rings. The average molecular weight is 328 g/mol. The van der Waals surface area contributed by atoms with Crippen molar-refractivity contribution in [2.24, 2.45) is 22.9 Å². The van der Waals surface area contributed by atoms with Crippen molar-refractivity contribution in [1.29, 1.82) is 0 Å². The molecule has 0 fully saturated rings. The van der Waals surface area contributed by atoms with Gasteiger partial charge in [0.05, 0.1) is 12.1 Å². The maximum Gasteiger partial charge on any atom is 0.234 e. The van der Waals surface area contributed by atoms with E-state index in [9.17, 15) is 9.59 Å². The van der Waals surface area contributed by atoms with Gasteiger partial charge in [-0.25, -0.2) is 0 Å². The molecule has 0 bridgehead atoms. The summed E-state index contributed by atoms with van der Waals surface area (Å²) in [4.78, 5) is 21.2. The van der Waals surface area contributed by atoms with Crippen LogP contribution in [0.5, 0.6) is 0 Å². The molecule has 2 aromatic carbocycles. The van der Waals surface area contributed by atoms with E-state index in [-0.39, 0.29) is 0 Å². The molecule has 6 heteroatoms. The molecular formula is C18H24N4O2. The molecule has 0 aromatic heterocycles. The van der Waals surface area contributed by atoms with Gasteiger partial charge in [0.15, 0.2) is 0 Å². The summed E-state index contributed by atoms with van der Waals surface area (Å²) < 4.78 is 0. The van der Waals surface area contributed by atoms with Crippen LogP contribution in [-0.4, -0.2) is 23.9 Å². The Labute approximate surface area is 141 Å². The molecule has 24 heavy (non-hydrogen) atoms. The molecular weight excluding hydrogens is 304 g/mol. The first-order chi connectivity index (χ1) is 11.4. The number of rotatable bonds is 6. The van der Waals surface area contributed by atoms with Gasteiger partial charge in [-0.3, -0.25) is 9.59 Å². The Bertz CT molecular complexity index is 574. The van der Waals surface area contributed by atoms with E-state index in [1.807, 2.05) is 60.7 Å². The molecule has 8 N–H and O–H groups in total. The monoisotopic (exact) mass is 328 g/mol. The molecule has 128 valence electrons. The fourth-order valence-electron chi connectivity index (χ4n) is 1.94. The molecule has 0 spiro atoms. The van der Waals surface area contributed by atoms with Gasteiger partial charge in [-0.2, -0.15) is 0 Å². The quantitative estimate of drug-likeness (QED) is 0.596. The van der Waals surface area contributed by atoms with E-state index >= 15 is 0 Å².